The fraction of sp³-hybridized carbons (Fsp3) is 0.400. The molecular weight excluding hydrogens is 516 g/mol. The van der Waals surface area contributed by atoms with Gasteiger partial charge in [0.05, 0.1) is 11.9 Å². The molecule has 0 bridgehead atoms. The van der Waals surface area contributed by atoms with Crippen LogP contribution in [0.1, 0.15) is 36.3 Å². The number of nitrogens with one attached hydrogen (secondary N) is 2. The van der Waals surface area contributed by atoms with Gasteiger partial charge in [0, 0.05) is 24.2 Å². The van der Waals surface area contributed by atoms with E-state index in [1.807, 2.05) is 24.3 Å². The number of anilines is 1. The molecule has 0 radical (unpaired) electrons. The standard InChI is InChI=1S/C30H29F2N5O3/c1-29(2)17-13-36(26(38)21-11-15-18(31)9-10-19(32)24(15)33-21)25(23(17)29)27(39)37-14-30(12-22(37)35(3)4)16-7-5-6-8-20(16)34-28(30)40/h5-11,17,22-23,25H,3,12-14H2,1-2,4H3,(H-,33,34,38,40)/p+1/t17?,22-,23-,25-,30-/m0/s1. The Morgan fingerprint density at radius 3 is 2.55 bits per heavy atom. The van der Waals surface area contributed by atoms with E-state index in [9.17, 15) is 23.2 Å². The number of hydrogen-bond acceptors (Lipinski definition) is 3. The SMILES string of the molecule is C=[N+](C)[C@@H]1C[C@@]2(CN1C(=O)[C@@H]1[C@@H]3C(CN1C(=O)c1cc4c(F)ccc(F)c4[nH]1)C3(C)C)C(=O)Nc1ccccc12. The molecule has 1 saturated carbocycles. The highest BCUT2D eigenvalue weighted by Crippen LogP contribution is 2.65. The molecule has 3 aromatic rings. The number of rotatable bonds is 3. The van der Waals surface area contributed by atoms with Crippen LogP contribution in [0.4, 0.5) is 14.5 Å². The smallest absolute Gasteiger partial charge is 0.271 e. The fourth-order valence-corrected chi connectivity index (χ4v) is 7.60. The van der Waals surface area contributed by atoms with Gasteiger partial charge in [-0.05, 0) is 47.1 Å². The summed E-state index contributed by atoms with van der Waals surface area (Å²) in [5.41, 5.74) is 0.489. The molecule has 7 rings (SSSR count). The van der Waals surface area contributed by atoms with E-state index in [1.54, 1.807) is 16.5 Å². The molecular formula is C30H30F2N5O3+. The lowest BCUT2D eigenvalue weighted by Crippen LogP contribution is -2.54. The molecule has 5 atom stereocenters. The van der Waals surface area contributed by atoms with Crippen LogP contribution in [0.15, 0.2) is 42.5 Å². The molecule has 4 heterocycles. The Morgan fingerprint density at radius 1 is 1.10 bits per heavy atom. The minimum atomic E-state index is -0.916. The maximum absolute atomic E-state index is 14.5. The molecule has 1 aliphatic carbocycles. The zero-order chi connectivity index (χ0) is 28.3. The van der Waals surface area contributed by atoms with Gasteiger partial charge in [-0.2, -0.15) is 0 Å². The van der Waals surface area contributed by atoms with E-state index in [4.69, 9.17) is 0 Å². The van der Waals surface area contributed by atoms with Crippen LogP contribution in [0.5, 0.6) is 0 Å². The van der Waals surface area contributed by atoms with Crippen molar-refractivity contribution in [2.24, 2.45) is 17.3 Å². The minimum Gasteiger partial charge on any atom is -0.348 e. The monoisotopic (exact) mass is 546 g/mol. The zero-order valence-electron chi connectivity index (χ0n) is 22.5. The number of amides is 3. The number of aromatic nitrogens is 1. The Balaban J connectivity index is 1.26. The number of para-hydroxylation sites is 1. The number of carbonyl (C=O) groups excluding carboxylic acids is 3. The lowest BCUT2D eigenvalue weighted by Gasteiger charge is -2.33. The number of fused-ring (bicyclic) bond motifs is 4. The zero-order valence-corrected chi connectivity index (χ0v) is 22.5. The van der Waals surface area contributed by atoms with Crippen LogP contribution in [0, 0.1) is 28.9 Å². The van der Waals surface area contributed by atoms with Crippen LogP contribution >= 0.6 is 0 Å². The van der Waals surface area contributed by atoms with Gasteiger partial charge >= 0.3 is 0 Å². The van der Waals surface area contributed by atoms with E-state index in [2.05, 4.69) is 30.9 Å². The van der Waals surface area contributed by atoms with Crippen LogP contribution in [0.2, 0.25) is 0 Å². The highest BCUT2D eigenvalue weighted by atomic mass is 19.1. The highest BCUT2D eigenvalue weighted by Gasteiger charge is 2.71. The third kappa shape index (κ3) is 3.16. The Morgan fingerprint density at radius 2 is 1.82 bits per heavy atom. The van der Waals surface area contributed by atoms with Gasteiger partial charge in [-0.15, -0.1) is 0 Å². The van der Waals surface area contributed by atoms with Gasteiger partial charge in [0.1, 0.15) is 42.6 Å². The third-order valence-corrected chi connectivity index (χ3v) is 9.89. The maximum Gasteiger partial charge on any atom is 0.271 e. The topological polar surface area (TPSA) is 88.5 Å². The first-order valence-corrected chi connectivity index (χ1v) is 13.5. The normalized spacial score (nSPS) is 29.6. The summed E-state index contributed by atoms with van der Waals surface area (Å²) in [6.45, 7) is 8.78. The number of piperidine rings is 1. The van der Waals surface area contributed by atoms with Gasteiger partial charge in [0.15, 0.2) is 0 Å². The van der Waals surface area contributed by atoms with Gasteiger partial charge in [0.25, 0.3) is 11.8 Å². The van der Waals surface area contributed by atoms with Crippen molar-refractivity contribution in [1.29, 1.82) is 0 Å². The van der Waals surface area contributed by atoms with Crippen LogP contribution in [0.25, 0.3) is 10.9 Å². The third-order valence-electron chi connectivity index (χ3n) is 9.89. The molecule has 1 spiro atoms. The van der Waals surface area contributed by atoms with E-state index < -0.39 is 35.2 Å². The van der Waals surface area contributed by atoms with Crippen molar-refractivity contribution in [3.63, 3.8) is 0 Å². The summed E-state index contributed by atoms with van der Waals surface area (Å²) >= 11 is 0. The molecule has 10 heteroatoms. The summed E-state index contributed by atoms with van der Waals surface area (Å²) in [4.78, 5) is 47.7. The molecule has 3 aliphatic heterocycles. The minimum absolute atomic E-state index is 0.0120. The van der Waals surface area contributed by atoms with Gasteiger partial charge in [0.2, 0.25) is 12.1 Å². The molecule has 3 amide bonds. The van der Waals surface area contributed by atoms with Gasteiger partial charge < -0.3 is 15.2 Å². The summed E-state index contributed by atoms with van der Waals surface area (Å²) in [6.07, 6.45) is -0.0844. The first-order chi connectivity index (χ1) is 19.0. The predicted molar refractivity (Wildman–Crippen MR) is 144 cm³/mol. The van der Waals surface area contributed by atoms with Crippen LogP contribution in [0.3, 0.4) is 0 Å². The van der Waals surface area contributed by atoms with Crippen molar-refractivity contribution in [2.75, 3.05) is 25.5 Å². The first-order valence-electron chi connectivity index (χ1n) is 13.5. The second kappa shape index (κ2) is 7.99. The van der Waals surface area contributed by atoms with E-state index in [0.717, 1.165) is 23.4 Å². The van der Waals surface area contributed by atoms with E-state index in [1.165, 1.54) is 11.0 Å². The lowest BCUT2D eigenvalue weighted by molar-refractivity contribution is -0.549. The molecule has 1 aromatic heterocycles. The quantitative estimate of drug-likeness (QED) is 0.390. The molecule has 3 fully saturated rings. The Labute approximate surface area is 229 Å². The average Bonchev–Trinajstić information content (AvgIpc) is 3.51. The van der Waals surface area contributed by atoms with Crippen LogP contribution in [-0.2, 0) is 15.0 Å². The van der Waals surface area contributed by atoms with Crippen molar-refractivity contribution in [1.82, 2.24) is 14.8 Å². The summed E-state index contributed by atoms with van der Waals surface area (Å²) < 4.78 is 30.5. The summed E-state index contributed by atoms with van der Waals surface area (Å²) in [5, 5.41) is 2.96. The number of carbonyl (C=O) groups is 3. The number of aromatic amines is 1. The number of nitrogens with zero attached hydrogens (tertiary/aromatic N) is 3. The summed E-state index contributed by atoms with van der Waals surface area (Å²) in [6, 6.07) is 10.1. The van der Waals surface area contributed by atoms with E-state index >= 15 is 0 Å². The van der Waals surface area contributed by atoms with E-state index in [0.29, 0.717) is 13.0 Å². The van der Waals surface area contributed by atoms with Crippen LogP contribution < -0.4 is 5.32 Å². The molecule has 2 aromatic carbocycles. The number of halogens is 2. The summed E-state index contributed by atoms with van der Waals surface area (Å²) in [7, 11) is 1.78. The molecule has 206 valence electrons. The lowest BCUT2D eigenvalue weighted by atomic mass is 9.80. The predicted octanol–water partition coefficient (Wildman–Crippen LogP) is 3.33. The molecule has 2 N–H and O–H groups in total. The van der Waals surface area contributed by atoms with Gasteiger partial charge in [-0.3, -0.25) is 19.3 Å². The first kappa shape index (κ1) is 24.9. The van der Waals surface area contributed by atoms with Crippen molar-refractivity contribution in [2.45, 2.75) is 37.9 Å². The number of hydrogen-bond donors (Lipinski definition) is 2. The molecule has 40 heavy (non-hydrogen) atoms. The molecule has 2 saturated heterocycles. The second-order valence-corrected chi connectivity index (χ2v) is 12.3. The van der Waals surface area contributed by atoms with Crippen molar-refractivity contribution in [3.05, 3.63) is 65.4 Å². The number of H-pyrrole nitrogens is 1. The molecule has 1 unspecified atom stereocenters. The van der Waals surface area contributed by atoms with Crippen molar-refractivity contribution < 1.29 is 27.7 Å². The van der Waals surface area contributed by atoms with Gasteiger partial charge in [-0.1, -0.05) is 32.0 Å². The average molecular weight is 547 g/mol. The van der Waals surface area contributed by atoms with Crippen molar-refractivity contribution >= 4 is 41.0 Å². The number of likely N-dealkylation sites (tertiary alicyclic amines) is 2. The second-order valence-electron chi connectivity index (χ2n) is 12.3. The van der Waals surface area contributed by atoms with Crippen molar-refractivity contribution in [3.8, 4) is 0 Å². The molecule has 8 nitrogen and oxygen atoms in total. The number of benzene rings is 2. The highest BCUT2D eigenvalue weighted by molar-refractivity contribution is 6.07. The van der Waals surface area contributed by atoms with Gasteiger partial charge in [-0.25, -0.2) is 13.4 Å². The molecule has 4 aliphatic rings. The fourth-order valence-electron chi connectivity index (χ4n) is 7.60. The van der Waals surface area contributed by atoms with E-state index in [-0.39, 0.29) is 52.2 Å². The summed E-state index contributed by atoms with van der Waals surface area (Å²) in [5.74, 6) is -2.12. The largest absolute Gasteiger partial charge is 0.348 e. The maximum atomic E-state index is 14.5. The Hall–Kier alpha value is -4.08. The van der Waals surface area contributed by atoms with Crippen LogP contribution in [-0.4, -0.2) is 76.1 Å². The Bertz CT molecular complexity index is 1620. The Kier molecular flexibility index (Phi) is 4.98.